The molecular formula is C35H22ClN3. The zero-order valence-corrected chi connectivity index (χ0v) is 21.7. The Morgan fingerprint density at radius 2 is 0.974 bits per heavy atom. The Morgan fingerprint density at radius 1 is 0.410 bits per heavy atom. The maximum atomic E-state index is 6.84. The highest BCUT2D eigenvalue weighted by Gasteiger charge is 2.20. The van der Waals surface area contributed by atoms with Gasteiger partial charge in [0.1, 0.15) is 0 Å². The molecule has 7 rings (SSSR count). The quantitative estimate of drug-likeness (QED) is 0.232. The van der Waals surface area contributed by atoms with Gasteiger partial charge in [-0.1, -0.05) is 139 Å². The van der Waals surface area contributed by atoms with Crippen molar-refractivity contribution in [3.8, 4) is 45.3 Å². The minimum atomic E-state index is 0.610. The molecule has 0 amide bonds. The predicted octanol–water partition coefficient (Wildman–Crippen LogP) is 9.50. The van der Waals surface area contributed by atoms with Crippen molar-refractivity contribution in [1.29, 1.82) is 0 Å². The number of benzene rings is 6. The monoisotopic (exact) mass is 519 g/mol. The van der Waals surface area contributed by atoms with Crippen molar-refractivity contribution >= 4 is 33.1 Å². The van der Waals surface area contributed by atoms with Crippen LogP contribution in [0.5, 0.6) is 0 Å². The van der Waals surface area contributed by atoms with Crippen LogP contribution in [-0.2, 0) is 0 Å². The van der Waals surface area contributed by atoms with E-state index in [-0.39, 0.29) is 0 Å². The van der Waals surface area contributed by atoms with E-state index in [0.29, 0.717) is 22.5 Å². The molecule has 0 aliphatic rings. The number of halogens is 1. The summed E-state index contributed by atoms with van der Waals surface area (Å²) in [4.78, 5) is 15.2. The lowest BCUT2D eigenvalue weighted by Gasteiger charge is -2.16. The van der Waals surface area contributed by atoms with Gasteiger partial charge >= 0.3 is 0 Å². The van der Waals surface area contributed by atoms with Gasteiger partial charge in [-0.25, -0.2) is 15.0 Å². The van der Waals surface area contributed by atoms with Gasteiger partial charge in [-0.3, -0.25) is 0 Å². The van der Waals surface area contributed by atoms with Crippen LogP contribution in [0.15, 0.2) is 133 Å². The molecule has 0 spiro atoms. The lowest BCUT2D eigenvalue weighted by Crippen LogP contribution is -2.02. The summed E-state index contributed by atoms with van der Waals surface area (Å²) >= 11 is 6.84. The normalized spacial score (nSPS) is 11.2. The van der Waals surface area contributed by atoms with Crippen molar-refractivity contribution in [3.63, 3.8) is 0 Å². The summed E-state index contributed by atoms with van der Waals surface area (Å²) in [5.74, 6) is 1.87. The van der Waals surface area contributed by atoms with Crippen molar-refractivity contribution in [2.24, 2.45) is 0 Å². The van der Waals surface area contributed by atoms with Crippen LogP contribution < -0.4 is 0 Å². The largest absolute Gasteiger partial charge is 0.208 e. The minimum absolute atomic E-state index is 0.610. The number of hydrogen-bond acceptors (Lipinski definition) is 3. The maximum absolute atomic E-state index is 6.84. The SMILES string of the molecule is Clc1cc(-c2ccccc2)c(-c2nc(-c3ccccc3)nc(-c3cccc4ccccc34)n2)c2ccccc12. The van der Waals surface area contributed by atoms with Crippen molar-refractivity contribution in [3.05, 3.63) is 138 Å². The first-order chi connectivity index (χ1) is 19.3. The summed E-state index contributed by atoms with van der Waals surface area (Å²) in [5.41, 5.74) is 4.86. The van der Waals surface area contributed by atoms with E-state index in [1.807, 2.05) is 84.9 Å². The van der Waals surface area contributed by atoms with Gasteiger partial charge in [-0.2, -0.15) is 0 Å². The Morgan fingerprint density at radius 3 is 1.74 bits per heavy atom. The molecule has 39 heavy (non-hydrogen) atoms. The van der Waals surface area contributed by atoms with E-state index in [1.165, 1.54) is 0 Å². The first-order valence-electron chi connectivity index (χ1n) is 12.8. The van der Waals surface area contributed by atoms with Crippen LogP contribution >= 0.6 is 11.6 Å². The smallest absolute Gasteiger partial charge is 0.165 e. The standard InChI is InChI=1S/C35H22ClN3/c36-31-22-30(24-12-3-1-4-13-24)32(28-20-10-9-19-27(28)31)35-38-33(25-15-5-2-6-16-25)37-34(39-35)29-21-11-17-23-14-7-8-18-26(23)29/h1-22H. The molecule has 0 aliphatic carbocycles. The van der Waals surface area contributed by atoms with Gasteiger partial charge in [0, 0.05) is 27.1 Å². The Labute approximate surface area is 231 Å². The molecule has 0 saturated heterocycles. The topological polar surface area (TPSA) is 38.7 Å². The summed E-state index contributed by atoms with van der Waals surface area (Å²) in [6.07, 6.45) is 0. The molecule has 0 saturated carbocycles. The van der Waals surface area contributed by atoms with E-state index in [9.17, 15) is 0 Å². The number of aromatic nitrogens is 3. The summed E-state index contributed by atoms with van der Waals surface area (Å²) in [7, 11) is 0. The van der Waals surface area contributed by atoms with Gasteiger partial charge in [-0.15, -0.1) is 0 Å². The minimum Gasteiger partial charge on any atom is -0.208 e. The maximum Gasteiger partial charge on any atom is 0.165 e. The number of hydrogen-bond donors (Lipinski definition) is 0. The molecule has 0 fully saturated rings. The van der Waals surface area contributed by atoms with E-state index >= 15 is 0 Å². The average Bonchev–Trinajstić information content (AvgIpc) is 3.01. The van der Waals surface area contributed by atoms with Crippen LogP contribution in [0.4, 0.5) is 0 Å². The molecule has 184 valence electrons. The Bertz CT molecular complexity index is 1960. The van der Waals surface area contributed by atoms with Gasteiger partial charge in [0.2, 0.25) is 0 Å². The first-order valence-corrected chi connectivity index (χ1v) is 13.2. The Kier molecular flexibility index (Phi) is 5.84. The fourth-order valence-corrected chi connectivity index (χ4v) is 5.44. The van der Waals surface area contributed by atoms with Crippen LogP contribution in [0.2, 0.25) is 5.02 Å². The lowest BCUT2D eigenvalue weighted by molar-refractivity contribution is 1.08. The molecular weight excluding hydrogens is 498 g/mol. The summed E-state index contributed by atoms with van der Waals surface area (Å²) in [6.45, 7) is 0. The second-order valence-electron chi connectivity index (χ2n) is 9.39. The molecule has 1 aromatic heterocycles. The fourth-order valence-electron chi connectivity index (χ4n) is 5.16. The van der Waals surface area contributed by atoms with Gasteiger partial charge < -0.3 is 0 Å². The van der Waals surface area contributed by atoms with Crippen molar-refractivity contribution in [2.45, 2.75) is 0 Å². The molecule has 7 aromatic rings. The average molecular weight is 520 g/mol. The van der Waals surface area contributed by atoms with Crippen LogP contribution in [0, 0.1) is 0 Å². The van der Waals surface area contributed by atoms with Gasteiger partial charge in [-0.05, 0) is 33.4 Å². The molecule has 0 radical (unpaired) electrons. The van der Waals surface area contributed by atoms with Crippen molar-refractivity contribution in [2.75, 3.05) is 0 Å². The van der Waals surface area contributed by atoms with E-state index < -0.39 is 0 Å². The first kappa shape index (κ1) is 23.3. The van der Waals surface area contributed by atoms with Crippen LogP contribution in [-0.4, -0.2) is 15.0 Å². The summed E-state index contributed by atoms with van der Waals surface area (Å²) in [6, 6.07) is 45.1. The van der Waals surface area contributed by atoms with E-state index in [2.05, 4.69) is 48.5 Å². The number of nitrogens with zero attached hydrogens (tertiary/aromatic N) is 3. The molecule has 4 heteroatoms. The molecule has 0 aliphatic heterocycles. The summed E-state index contributed by atoms with van der Waals surface area (Å²) in [5, 5.41) is 4.89. The van der Waals surface area contributed by atoms with E-state index in [1.54, 1.807) is 0 Å². The van der Waals surface area contributed by atoms with Crippen molar-refractivity contribution < 1.29 is 0 Å². The molecule has 1 heterocycles. The Balaban J connectivity index is 1.59. The molecule has 0 atom stereocenters. The number of rotatable bonds is 4. The van der Waals surface area contributed by atoms with Crippen LogP contribution in [0.1, 0.15) is 0 Å². The van der Waals surface area contributed by atoms with Gasteiger partial charge in [0.05, 0.1) is 0 Å². The molecule has 0 unspecified atom stereocenters. The second-order valence-corrected chi connectivity index (χ2v) is 9.80. The molecule has 0 N–H and O–H groups in total. The highest BCUT2D eigenvalue weighted by atomic mass is 35.5. The third-order valence-electron chi connectivity index (χ3n) is 7.00. The second kappa shape index (κ2) is 9.79. The van der Waals surface area contributed by atoms with Crippen LogP contribution in [0.3, 0.4) is 0 Å². The third-order valence-corrected chi connectivity index (χ3v) is 7.31. The highest BCUT2D eigenvalue weighted by Crippen LogP contribution is 2.41. The molecule has 0 bridgehead atoms. The highest BCUT2D eigenvalue weighted by molar-refractivity contribution is 6.36. The van der Waals surface area contributed by atoms with Crippen molar-refractivity contribution in [1.82, 2.24) is 15.0 Å². The predicted molar refractivity (Wildman–Crippen MR) is 162 cm³/mol. The van der Waals surface area contributed by atoms with Gasteiger partial charge in [0.15, 0.2) is 17.5 Å². The Hall–Kier alpha value is -4.86. The third kappa shape index (κ3) is 4.23. The number of fused-ring (bicyclic) bond motifs is 2. The molecule has 3 nitrogen and oxygen atoms in total. The summed E-state index contributed by atoms with van der Waals surface area (Å²) < 4.78 is 0. The van der Waals surface area contributed by atoms with Gasteiger partial charge in [0.25, 0.3) is 0 Å². The molecule has 6 aromatic carbocycles. The zero-order valence-electron chi connectivity index (χ0n) is 20.9. The lowest BCUT2D eigenvalue weighted by atomic mass is 9.93. The van der Waals surface area contributed by atoms with Crippen LogP contribution in [0.25, 0.3) is 66.8 Å². The van der Waals surface area contributed by atoms with E-state index in [4.69, 9.17) is 26.6 Å². The fraction of sp³-hybridized carbons (Fsp3) is 0. The zero-order chi connectivity index (χ0) is 26.2. The van der Waals surface area contributed by atoms with E-state index in [0.717, 1.165) is 49.4 Å².